The molecular weight excluding hydrogens is 290 g/mol. The van der Waals surface area contributed by atoms with Crippen molar-refractivity contribution in [2.75, 3.05) is 10.6 Å². The van der Waals surface area contributed by atoms with Crippen LogP contribution < -0.4 is 4.31 Å². The summed E-state index contributed by atoms with van der Waals surface area (Å²) in [6, 6.07) is 8.39. The first kappa shape index (κ1) is 15.1. The van der Waals surface area contributed by atoms with Crippen LogP contribution in [0.3, 0.4) is 0 Å². The Morgan fingerprint density at radius 2 is 2.10 bits per heavy atom. The van der Waals surface area contributed by atoms with Crippen molar-refractivity contribution in [3.05, 3.63) is 47.2 Å². The average Bonchev–Trinajstić information content (AvgIpc) is 2.74. The summed E-state index contributed by atoms with van der Waals surface area (Å²) < 4.78 is 30.6. The number of sulfonamides is 1. The van der Waals surface area contributed by atoms with Crippen LogP contribution in [0.25, 0.3) is 0 Å². The van der Waals surface area contributed by atoms with Gasteiger partial charge in [-0.1, -0.05) is 6.07 Å². The number of anilines is 1. The molecule has 110 valence electrons. The summed E-state index contributed by atoms with van der Waals surface area (Å²) in [7, 11) is -3.52. The summed E-state index contributed by atoms with van der Waals surface area (Å²) in [5.74, 6) is 0.974. The number of oxazole rings is 1. The molecule has 6 nitrogen and oxygen atoms in total. The predicted octanol–water partition coefficient (Wildman–Crippen LogP) is 2.13. The van der Waals surface area contributed by atoms with Gasteiger partial charge in [0.1, 0.15) is 12.3 Å². The van der Waals surface area contributed by atoms with Gasteiger partial charge in [-0.3, -0.25) is 4.31 Å². The van der Waals surface area contributed by atoms with Gasteiger partial charge in [-0.2, -0.15) is 5.26 Å². The number of nitriles is 1. The summed E-state index contributed by atoms with van der Waals surface area (Å²) in [5, 5.41) is 8.93. The van der Waals surface area contributed by atoms with Gasteiger partial charge in [0, 0.05) is 0 Å². The van der Waals surface area contributed by atoms with Crippen LogP contribution in [0.1, 0.15) is 22.9 Å². The summed E-state index contributed by atoms with van der Waals surface area (Å²) in [5.41, 5.74) is 1.52. The van der Waals surface area contributed by atoms with E-state index in [0.29, 0.717) is 22.9 Å². The van der Waals surface area contributed by atoms with E-state index in [1.165, 1.54) is 10.4 Å². The zero-order valence-electron chi connectivity index (χ0n) is 12.0. The molecule has 0 unspecified atom stereocenters. The van der Waals surface area contributed by atoms with Gasteiger partial charge < -0.3 is 4.42 Å². The smallest absolute Gasteiger partial charge is 0.232 e. The Bertz CT molecular complexity index is 784. The number of aryl methyl sites for hydroxylation is 2. The lowest BCUT2D eigenvalue weighted by molar-refractivity contribution is 0.471. The van der Waals surface area contributed by atoms with Gasteiger partial charge >= 0.3 is 0 Å². The molecular formula is C14H15N3O3S. The van der Waals surface area contributed by atoms with E-state index >= 15 is 0 Å². The number of benzene rings is 1. The molecule has 0 radical (unpaired) electrons. The van der Waals surface area contributed by atoms with Gasteiger partial charge in [-0.05, 0) is 32.0 Å². The Hall–Kier alpha value is -2.33. The number of hydrogen-bond acceptors (Lipinski definition) is 5. The topological polar surface area (TPSA) is 87.2 Å². The Balaban J connectivity index is 2.42. The van der Waals surface area contributed by atoms with Gasteiger partial charge in [0.25, 0.3) is 0 Å². The average molecular weight is 305 g/mol. The molecule has 0 saturated heterocycles. The molecule has 0 spiro atoms. The van der Waals surface area contributed by atoms with E-state index in [-0.39, 0.29) is 6.54 Å². The maximum atomic E-state index is 12.0. The number of rotatable bonds is 4. The van der Waals surface area contributed by atoms with Gasteiger partial charge in [-0.25, -0.2) is 13.4 Å². The molecule has 0 aliphatic carbocycles. The molecule has 0 N–H and O–H groups in total. The molecule has 1 heterocycles. The lowest BCUT2D eigenvalue weighted by atomic mass is 10.2. The van der Waals surface area contributed by atoms with Gasteiger partial charge in [0.2, 0.25) is 15.9 Å². The summed E-state index contributed by atoms with van der Waals surface area (Å²) >= 11 is 0. The molecule has 0 amide bonds. The van der Waals surface area contributed by atoms with Crippen molar-refractivity contribution in [1.82, 2.24) is 4.98 Å². The highest BCUT2D eigenvalue weighted by atomic mass is 32.2. The minimum Gasteiger partial charge on any atom is -0.444 e. The monoisotopic (exact) mass is 305 g/mol. The van der Waals surface area contributed by atoms with Gasteiger partial charge in [0.15, 0.2) is 0 Å². The van der Waals surface area contributed by atoms with Crippen molar-refractivity contribution in [2.45, 2.75) is 20.4 Å². The fourth-order valence-electron chi connectivity index (χ4n) is 1.86. The minimum atomic E-state index is -3.52. The molecule has 0 atom stereocenters. The molecule has 0 aliphatic rings. The molecule has 1 aromatic heterocycles. The Kier molecular flexibility index (Phi) is 4.00. The third-order valence-electron chi connectivity index (χ3n) is 3.02. The van der Waals surface area contributed by atoms with E-state index in [1.54, 1.807) is 32.0 Å². The fraction of sp³-hybridized carbons (Fsp3) is 0.286. The van der Waals surface area contributed by atoms with Crippen molar-refractivity contribution >= 4 is 15.7 Å². The van der Waals surface area contributed by atoms with Crippen molar-refractivity contribution in [3.63, 3.8) is 0 Å². The fourth-order valence-corrected chi connectivity index (χ4v) is 2.70. The van der Waals surface area contributed by atoms with E-state index < -0.39 is 10.0 Å². The highest BCUT2D eigenvalue weighted by Crippen LogP contribution is 2.22. The molecule has 0 bridgehead atoms. The Labute approximate surface area is 123 Å². The molecule has 0 aliphatic heterocycles. The summed E-state index contributed by atoms with van der Waals surface area (Å²) in [6.07, 6.45) is 1.11. The first-order chi connectivity index (χ1) is 9.81. The van der Waals surface area contributed by atoms with Crippen LogP contribution in [0, 0.1) is 25.2 Å². The summed E-state index contributed by atoms with van der Waals surface area (Å²) in [6.45, 7) is 3.55. The molecule has 0 fully saturated rings. The third-order valence-corrected chi connectivity index (χ3v) is 4.16. The second-order valence-corrected chi connectivity index (χ2v) is 6.59. The van der Waals surface area contributed by atoms with E-state index in [4.69, 9.17) is 9.68 Å². The minimum absolute atomic E-state index is 0.0115. The second kappa shape index (κ2) is 5.58. The largest absolute Gasteiger partial charge is 0.444 e. The first-order valence-corrected chi connectivity index (χ1v) is 8.07. The van der Waals surface area contributed by atoms with Crippen molar-refractivity contribution < 1.29 is 12.8 Å². The molecule has 2 rings (SSSR count). The van der Waals surface area contributed by atoms with E-state index in [2.05, 4.69) is 4.98 Å². The van der Waals surface area contributed by atoms with E-state index in [1.807, 2.05) is 6.07 Å². The van der Waals surface area contributed by atoms with Crippen LogP contribution in [-0.4, -0.2) is 19.7 Å². The quantitative estimate of drug-likeness (QED) is 0.863. The van der Waals surface area contributed by atoms with Crippen molar-refractivity contribution in [1.29, 1.82) is 5.26 Å². The molecule has 2 aromatic rings. The summed E-state index contributed by atoms with van der Waals surface area (Å²) in [4.78, 5) is 4.19. The van der Waals surface area contributed by atoms with Crippen LogP contribution in [0.15, 0.2) is 28.7 Å². The molecule has 0 saturated carbocycles. The Morgan fingerprint density at radius 3 is 2.62 bits per heavy atom. The molecule has 7 heteroatoms. The maximum Gasteiger partial charge on any atom is 0.232 e. The van der Waals surface area contributed by atoms with Crippen molar-refractivity contribution in [3.8, 4) is 6.07 Å². The van der Waals surface area contributed by atoms with Crippen molar-refractivity contribution in [2.24, 2.45) is 0 Å². The predicted molar refractivity (Wildman–Crippen MR) is 78.2 cm³/mol. The second-order valence-electron chi connectivity index (χ2n) is 4.68. The Morgan fingerprint density at radius 1 is 1.38 bits per heavy atom. The maximum absolute atomic E-state index is 12.0. The first-order valence-electron chi connectivity index (χ1n) is 6.22. The number of aromatic nitrogens is 1. The van der Waals surface area contributed by atoms with Crippen LogP contribution in [0.2, 0.25) is 0 Å². The van der Waals surface area contributed by atoms with Crippen LogP contribution >= 0.6 is 0 Å². The molecule has 21 heavy (non-hydrogen) atoms. The normalized spacial score (nSPS) is 11.1. The lowest BCUT2D eigenvalue weighted by Crippen LogP contribution is -2.29. The van der Waals surface area contributed by atoms with Gasteiger partial charge in [0.05, 0.1) is 29.3 Å². The highest BCUT2D eigenvalue weighted by Gasteiger charge is 2.21. The van der Waals surface area contributed by atoms with Gasteiger partial charge in [-0.15, -0.1) is 0 Å². The molecule has 1 aromatic carbocycles. The van der Waals surface area contributed by atoms with Crippen LogP contribution in [0.5, 0.6) is 0 Å². The lowest BCUT2D eigenvalue weighted by Gasteiger charge is -2.20. The zero-order valence-corrected chi connectivity index (χ0v) is 12.8. The van der Waals surface area contributed by atoms with E-state index in [9.17, 15) is 8.42 Å². The standard InChI is InChI=1S/C14H15N3O3S/c1-10-11(2)20-14(16-10)9-17(21(3,18)19)13-6-4-5-12(7-13)8-15/h4-7H,9H2,1-3H3. The zero-order chi connectivity index (χ0) is 15.6. The third kappa shape index (κ3) is 3.41. The van der Waals surface area contributed by atoms with E-state index in [0.717, 1.165) is 11.9 Å². The number of hydrogen-bond donors (Lipinski definition) is 0. The highest BCUT2D eigenvalue weighted by molar-refractivity contribution is 7.92. The van der Waals surface area contributed by atoms with Crippen LogP contribution in [0.4, 0.5) is 5.69 Å². The SMILES string of the molecule is Cc1nc(CN(c2cccc(C#N)c2)S(C)(=O)=O)oc1C. The van der Waals surface area contributed by atoms with Crippen LogP contribution in [-0.2, 0) is 16.6 Å². The number of nitrogens with zero attached hydrogens (tertiary/aromatic N) is 3.